The number of aryl methyl sites for hydroxylation is 2. The molecule has 2 aromatic heterocycles. The van der Waals surface area contributed by atoms with Crippen LogP contribution in [0.5, 0.6) is 5.75 Å². The predicted molar refractivity (Wildman–Crippen MR) is 159 cm³/mol. The number of thioether (sulfide) groups is 1. The van der Waals surface area contributed by atoms with Gasteiger partial charge in [-0.15, -0.1) is 21.5 Å². The highest BCUT2D eigenvalue weighted by molar-refractivity contribution is 8.00. The minimum atomic E-state index is -0.948. The minimum Gasteiger partial charge on any atom is -0.503 e. The molecule has 0 aliphatic carbocycles. The van der Waals surface area contributed by atoms with E-state index in [1.807, 2.05) is 24.3 Å². The number of aliphatic hydroxyl groups excluding tert-OH is 1. The zero-order valence-electron chi connectivity index (χ0n) is 21.5. The number of ether oxygens (including phenoxy) is 1. The van der Waals surface area contributed by atoms with Gasteiger partial charge in [0.05, 0.1) is 27.2 Å². The highest BCUT2D eigenvalue weighted by Crippen LogP contribution is 2.45. The molecule has 0 saturated heterocycles. The number of aromatic nitrogens is 3. The molecule has 1 aliphatic rings. The molecule has 5 rings (SSSR count). The average molecular weight is 611 g/mol. The molecule has 3 heterocycles. The van der Waals surface area contributed by atoms with Crippen LogP contribution in [0.1, 0.15) is 37.5 Å². The van der Waals surface area contributed by atoms with Crippen molar-refractivity contribution >= 4 is 62.9 Å². The molecular weight excluding hydrogens is 588 g/mol. The summed E-state index contributed by atoms with van der Waals surface area (Å²) in [7, 11) is 0. The third kappa shape index (κ3) is 5.68. The summed E-state index contributed by atoms with van der Waals surface area (Å²) in [6.07, 6.45) is 1.62. The van der Waals surface area contributed by atoms with Gasteiger partial charge in [-0.2, -0.15) is 0 Å². The van der Waals surface area contributed by atoms with Crippen molar-refractivity contribution in [1.82, 2.24) is 15.2 Å². The van der Waals surface area contributed by atoms with Crippen LogP contribution in [0.25, 0.3) is 0 Å². The van der Waals surface area contributed by atoms with Crippen LogP contribution in [0.4, 0.5) is 5.13 Å². The Hall–Kier alpha value is -3.51. The summed E-state index contributed by atoms with van der Waals surface area (Å²) in [6.45, 7) is 7.50. The Balaban J connectivity index is 1.52. The van der Waals surface area contributed by atoms with Gasteiger partial charge in [0.25, 0.3) is 5.91 Å². The number of hydrogen-bond acceptors (Lipinski definition) is 10. The van der Waals surface area contributed by atoms with Crippen LogP contribution in [0, 0.1) is 13.8 Å². The molecule has 12 heteroatoms. The van der Waals surface area contributed by atoms with Crippen molar-refractivity contribution in [2.45, 2.75) is 30.0 Å². The molecule has 0 bridgehead atoms. The zero-order chi connectivity index (χ0) is 28.4. The van der Waals surface area contributed by atoms with Gasteiger partial charge >= 0.3 is 0 Å². The van der Waals surface area contributed by atoms with E-state index in [4.69, 9.17) is 16.3 Å². The van der Waals surface area contributed by atoms with Crippen molar-refractivity contribution in [3.05, 3.63) is 104 Å². The van der Waals surface area contributed by atoms with Gasteiger partial charge in [-0.05, 0) is 49.2 Å². The molecule has 40 heavy (non-hydrogen) atoms. The number of thiazole rings is 1. The summed E-state index contributed by atoms with van der Waals surface area (Å²) in [4.78, 5) is 33.4. The number of ketones is 1. The lowest BCUT2D eigenvalue weighted by Gasteiger charge is -2.24. The molecule has 204 valence electrons. The van der Waals surface area contributed by atoms with E-state index < -0.39 is 23.5 Å². The molecule has 0 saturated carbocycles. The summed E-state index contributed by atoms with van der Waals surface area (Å²) in [5.41, 5.74) is 2.13. The molecule has 0 fully saturated rings. The van der Waals surface area contributed by atoms with Crippen molar-refractivity contribution in [3.63, 3.8) is 0 Å². The third-order valence-electron chi connectivity index (χ3n) is 5.98. The molecule has 1 atom stereocenters. The molecule has 2 aromatic carbocycles. The van der Waals surface area contributed by atoms with Gasteiger partial charge in [0.15, 0.2) is 10.1 Å². The number of anilines is 1. The van der Waals surface area contributed by atoms with Gasteiger partial charge < -0.3 is 9.84 Å². The molecule has 4 aromatic rings. The number of carbonyl (C=O) groups excluding carboxylic acids is 2. The fourth-order valence-electron chi connectivity index (χ4n) is 4.23. The maximum atomic E-state index is 13.8. The first-order valence-corrected chi connectivity index (χ1v) is 15.1. The number of rotatable bonds is 10. The van der Waals surface area contributed by atoms with Gasteiger partial charge in [0.2, 0.25) is 10.9 Å². The van der Waals surface area contributed by atoms with Crippen molar-refractivity contribution in [2.24, 2.45) is 0 Å². The second-order valence-electron chi connectivity index (χ2n) is 8.75. The van der Waals surface area contributed by atoms with Gasteiger partial charge in [-0.3, -0.25) is 14.5 Å². The molecule has 0 radical (unpaired) electrons. The summed E-state index contributed by atoms with van der Waals surface area (Å²) in [5.74, 6) is -0.646. The highest BCUT2D eigenvalue weighted by atomic mass is 35.5. The van der Waals surface area contributed by atoms with Gasteiger partial charge in [-0.25, -0.2) is 4.98 Å². The van der Waals surface area contributed by atoms with E-state index in [1.165, 1.54) is 39.3 Å². The first-order chi connectivity index (χ1) is 19.3. The second-order valence-corrected chi connectivity index (χ2v) is 12.6. The SMILES string of the molecule is C=CCOc1cccc(C2C(C(=O)c3sc(C)nc3C)=C(O)C(=O)N2c2nnc(SCc3ccc(Cl)cc3)s2)c1. The lowest BCUT2D eigenvalue weighted by molar-refractivity contribution is -0.117. The van der Waals surface area contributed by atoms with E-state index in [0.717, 1.165) is 5.56 Å². The van der Waals surface area contributed by atoms with Crippen molar-refractivity contribution in [1.29, 1.82) is 0 Å². The smallest absolute Gasteiger partial charge is 0.296 e. The maximum Gasteiger partial charge on any atom is 0.296 e. The summed E-state index contributed by atoms with van der Waals surface area (Å²) < 4.78 is 6.34. The van der Waals surface area contributed by atoms with Gasteiger partial charge in [0, 0.05) is 10.8 Å². The summed E-state index contributed by atoms with van der Waals surface area (Å²) >= 11 is 9.88. The highest BCUT2D eigenvalue weighted by Gasteiger charge is 2.46. The predicted octanol–water partition coefficient (Wildman–Crippen LogP) is 6.90. The van der Waals surface area contributed by atoms with Crippen molar-refractivity contribution in [3.8, 4) is 5.75 Å². The van der Waals surface area contributed by atoms with Crippen LogP contribution in [0.2, 0.25) is 5.02 Å². The number of carbonyl (C=O) groups is 2. The fraction of sp³-hybridized carbons (Fsp3) is 0.179. The molecule has 1 unspecified atom stereocenters. The monoisotopic (exact) mass is 610 g/mol. The Labute approximate surface area is 248 Å². The standard InChI is InChI=1S/C28H23ClN4O4S3/c1-4-12-37-20-7-5-6-18(13-20)22-21(23(34)25-15(2)30-16(3)39-25)24(35)26(36)33(22)27-31-32-28(40-27)38-14-17-8-10-19(29)11-9-17/h4-11,13,22,35H,1,12,14H2,2-3H3. The van der Waals surface area contributed by atoms with E-state index in [2.05, 4.69) is 21.8 Å². The first kappa shape index (κ1) is 28.0. The fourth-order valence-corrected chi connectivity index (χ4v) is 7.05. The Bertz CT molecular complexity index is 1630. The third-order valence-corrected chi connectivity index (χ3v) is 9.43. The lowest BCUT2D eigenvalue weighted by atomic mass is 9.95. The number of amides is 1. The average Bonchev–Trinajstić information content (AvgIpc) is 3.62. The first-order valence-electron chi connectivity index (χ1n) is 12.1. The van der Waals surface area contributed by atoms with Crippen molar-refractivity contribution in [2.75, 3.05) is 11.5 Å². The molecule has 1 amide bonds. The van der Waals surface area contributed by atoms with E-state index in [1.54, 1.807) is 44.2 Å². The van der Waals surface area contributed by atoms with Crippen LogP contribution in [0.15, 0.2) is 76.9 Å². The number of nitrogens with zero attached hydrogens (tertiary/aromatic N) is 4. The van der Waals surface area contributed by atoms with Crippen LogP contribution in [0.3, 0.4) is 0 Å². The summed E-state index contributed by atoms with van der Waals surface area (Å²) in [6, 6.07) is 13.6. The van der Waals surface area contributed by atoms with E-state index in [0.29, 0.717) is 42.0 Å². The largest absolute Gasteiger partial charge is 0.503 e. The Kier molecular flexibility index (Phi) is 8.36. The molecule has 8 nitrogen and oxygen atoms in total. The summed E-state index contributed by atoms with van der Waals surface area (Å²) in [5, 5.41) is 21.3. The van der Waals surface area contributed by atoms with Crippen LogP contribution in [-0.4, -0.2) is 38.6 Å². The number of hydrogen-bond donors (Lipinski definition) is 1. The second kappa shape index (κ2) is 11.9. The van der Waals surface area contributed by atoms with Crippen LogP contribution in [-0.2, 0) is 10.5 Å². The minimum absolute atomic E-state index is 0.0387. The zero-order valence-corrected chi connectivity index (χ0v) is 24.7. The van der Waals surface area contributed by atoms with Crippen LogP contribution < -0.4 is 9.64 Å². The molecule has 0 spiro atoms. The topological polar surface area (TPSA) is 106 Å². The number of benzene rings is 2. The molecule has 1 N–H and O–H groups in total. The lowest BCUT2D eigenvalue weighted by Crippen LogP contribution is -2.31. The molecular formula is C28H23ClN4O4S3. The number of halogens is 1. The van der Waals surface area contributed by atoms with Gasteiger partial charge in [0.1, 0.15) is 12.4 Å². The van der Waals surface area contributed by atoms with E-state index in [9.17, 15) is 14.7 Å². The normalized spacial score (nSPS) is 15.1. The van der Waals surface area contributed by atoms with Crippen molar-refractivity contribution < 1.29 is 19.4 Å². The molecule has 1 aliphatic heterocycles. The Morgan fingerprint density at radius 3 is 2.67 bits per heavy atom. The van der Waals surface area contributed by atoms with Crippen LogP contribution >= 0.6 is 46.0 Å². The van der Waals surface area contributed by atoms with E-state index in [-0.39, 0.29) is 17.3 Å². The van der Waals surface area contributed by atoms with Gasteiger partial charge in [-0.1, -0.05) is 71.6 Å². The Morgan fingerprint density at radius 1 is 1.20 bits per heavy atom. The maximum absolute atomic E-state index is 13.8. The van der Waals surface area contributed by atoms with E-state index >= 15 is 0 Å². The number of Topliss-reactive ketones (excluding diaryl/α,β-unsaturated/α-hetero) is 1. The number of aliphatic hydroxyl groups is 1. The quantitative estimate of drug-likeness (QED) is 0.0894. The Morgan fingerprint density at radius 2 is 1.98 bits per heavy atom.